The zero-order valence-electron chi connectivity index (χ0n) is 17.4. The summed E-state index contributed by atoms with van der Waals surface area (Å²) in [5.74, 6) is -2.10. The van der Waals surface area contributed by atoms with Gasteiger partial charge in [0.25, 0.3) is 0 Å². The van der Waals surface area contributed by atoms with Gasteiger partial charge in [-0.05, 0) is 61.1 Å². The topological polar surface area (TPSA) is 78.9 Å². The number of aryl methyl sites for hydroxylation is 1. The lowest BCUT2D eigenvalue weighted by Crippen LogP contribution is -2.28. The van der Waals surface area contributed by atoms with Crippen LogP contribution in [0.4, 0.5) is 17.6 Å². The molecule has 6 nitrogen and oxygen atoms in total. The van der Waals surface area contributed by atoms with Gasteiger partial charge in [-0.3, -0.25) is 4.79 Å². The summed E-state index contributed by atoms with van der Waals surface area (Å²) in [6, 6.07) is 3.40. The van der Waals surface area contributed by atoms with Gasteiger partial charge in [-0.2, -0.15) is 21.6 Å². The molecule has 0 unspecified atom stereocenters. The van der Waals surface area contributed by atoms with Crippen LogP contribution in [-0.2, 0) is 32.5 Å². The largest absolute Gasteiger partial charge is 0.534 e. The maximum absolute atomic E-state index is 14.9. The molecule has 0 fully saturated rings. The van der Waals surface area contributed by atoms with Crippen LogP contribution >= 0.6 is 0 Å². The van der Waals surface area contributed by atoms with E-state index in [0.29, 0.717) is 36.1 Å². The van der Waals surface area contributed by atoms with Crippen molar-refractivity contribution in [3.05, 3.63) is 46.3 Å². The molecule has 0 amide bonds. The number of alkyl halides is 3. The van der Waals surface area contributed by atoms with Crippen LogP contribution in [0.5, 0.6) is 11.5 Å². The van der Waals surface area contributed by atoms with Crippen molar-refractivity contribution in [2.24, 2.45) is 0 Å². The molecule has 32 heavy (non-hydrogen) atoms. The number of ether oxygens (including phenoxy) is 2. The Labute approximate surface area is 182 Å². The van der Waals surface area contributed by atoms with E-state index < -0.39 is 39.6 Å². The average molecular weight is 476 g/mol. The fourth-order valence-corrected chi connectivity index (χ4v) is 4.09. The van der Waals surface area contributed by atoms with Crippen LogP contribution in [0, 0.1) is 19.7 Å². The molecule has 0 saturated carbocycles. The molecule has 3 rings (SSSR count). The second-order valence-corrected chi connectivity index (χ2v) is 8.80. The van der Waals surface area contributed by atoms with Gasteiger partial charge in [0.15, 0.2) is 17.3 Å². The van der Waals surface area contributed by atoms with Crippen LogP contribution in [0.2, 0.25) is 0 Å². The zero-order chi connectivity index (χ0) is 23.8. The van der Waals surface area contributed by atoms with Gasteiger partial charge in [0, 0.05) is 11.1 Å². The molecule has 1 aliphatic rings. The summed E-state index contributed by atoms with van der Waals surface area (Å²) in [4.78, 5) is 12.0. The highest BCUT2D eigenvalue weighted by Crippen LogP contribution is 2.44. The Bertz CT molecular complexity index is 1170. The summed E-state index contributed by atoms with van der Waals surface area (Å²) >= 11 is 0. The molecule has 2 aromatic rings. The third-order valence-electron chi connectivity index (χ3n) is 5.25. The monoisotopic (exact) mass is 476 g/mol. The van der Waals surface area contributed by atoms with Crippen molar-refractivity contribution in [3.8, 4) is 22.6 Å². The lowest BCUT2D eigenvalue weighted by molar-refractivity contribution is -0.139. The quantitative estimate of drug-likeness (QED) is 0.276. The highest BCUT2D eigenvalue weighted by molar-refractivity contribution is 7.88. The van der Waals surface area contributed by atoms with Crippen molar-refractivity contribution >= 4 is 16.1 Å². The summed E-state index contributed by atoms with van der Waals surface area (Å²) < 4.78 is 91.8. The molecule has 0 spiro atoms. The van der Waals surface area contributed by atoms with Crippen LogP contribution in [0.25, 0.3) is 11.1 Å². The second-order valence-electron chi connectivity index (χ2n) is 7.26. The SMILES string of the molecule is COC(=O)Cc1c(C)ccc(OS(=O)(=O)C(F)(F)F)c1-c1cc(F)c2c(c1C)CCCO2. The number of methoxy groups -OCH3 is 1. The molecule has 0 N–H and O–H groups in total. The molecule has 11 heteroatoms. The number of halogens is 4. The summed E-state index contributed by atoms with van der Waals surface area (Å²) in [5.41, 5.74) is -4.10. The Balaban J connectivity index is 2.33. The molecule has 0 aromatic heterocycles. The third kappa shape index (κ3) is 4.38. The van der Waals surface area contributed by atoms with Crippen molar-refractivity contribution in [2.45, 2.75) is 38.6 Å². The molecular weight excluding hydrogens is 456 g/mol. The van der Waals surface area contributed by atoms with Crippen molar-refractivity contribution in [3.63, 3.8) is 0 Å². The van der Waals surface area contributed by atoms with Crippen LogP contribution < -0.4 is 8.92 Å². The van der Waals surface area contributed by atoms with Gasteiger partial charge >= 0.3 is 21.6 Å². The maximum Gasteiger partial charge on any atom is 0.534 e. The average Bonchev–Trinajstić information content (AvgIpc) is 2.72. The molecule has 0 atom stereocenters. The molecule has 2 aromatic carbocycles. The van der Waals surface area contributed by atoms with Crippen LogP contribution in [-0.4, -0.2) is 33.6 Å². The number of hydrogen-bond acceptors (Lipinski definition) is 6. The predicted octanol–water partition coefficient (Wildman–Crippen LogP) is 4.38. The molecule has 0 aliphatic carbocycles. The second kappa shape index (κ2) is 8.61. The Hall–Kier alpha value is -2.82. The van der Waals surface area contributed by atoms with Gasteiger partial charge in [-0.25, -0.2) is 4.39 Å². The number of carbonyl (C=O) groups is 1. The van der Waals surface area contributed by atoms with Crippen molar-refractivity contribution in [1.29, 1.82) is 0 Å². The highest BCUT2D eigenvalue weighted by Gasteiger charge is 2.49. The fourth-order valence-electron chi connectivity index (χ4n) is 3.62. The van der Waals surface area contributed by atoms with Gasteiger partial charge in [0.1, 0.15) is 0 Å². The molecule has 0 saturated heterocycles. The van der Waals surface area contributed by atoms with Gasteiger partial charge in [0.2, 0.25) is 0 Å². The summed E-state index contributed by atoms with van der Waals surface area (Å²) in [6.45, 7) is 3.52. The number of rotatable bonds is 5. The minimum atomic E-state index is -6.02. The third-order valence-corrected chi connectivity index (χ3v) is 6.21. The molecule has 174 valence electrons. The molecule has 0 bridgehead atoms. The van der Waals surface area contributed by atoms with Gasteiger partial charge in [-0.15, -0.1) is 0 Å². The number of benzene rings is 2. The van der Waals surface area contributed by atoms with Crippen molar-refractivity contribution in [2.75, 3.05) is 13.7 Å². The van der Waals surface area contributed by atoms with E-state index in [0.717, 1.165) is 19.2 Å². The summed E-state index contributed by atoms with van der Waals surface area (Å²) in [7, 11) is -4.89. The van der Waals surface area contributed by atoms with E-state index in [-0.39, 0.29) is 22.4 Å². The predicted molar refractivity (Wildman–Crippen MR) is 106 cm³/mol. The van der Waals surface area contributed by atoms with E-state index >= 15 is 0 Å². The van der Waals surface area contributed by atoms with Gasteiger partial charge in [0.05, 0.1) is 20.1 Å². The van der Waals surface area contributed by atoms with Crippen LogP contribution in [0.3, 0.4) is 0 Å². The van der Waals surface area contributed by atoms with Crippen LogP contribution in [0.15, 0.2) is 18.2 Å². The maximum atomic E-state index is 14.9. The van der Waals surface area contributed by atoms with Crippen molar-refractivity contribution in [1.82, 2.24) is 0 Å². The van der Waals surface area contributed by atoms with E-state index in [4.69, 9.17) is 4.74 Å². The molecule has 1 heterocycles. The number of esters is 1. The van der Waals surface area contributed by atoms with Crippen LogP contribution in [0.1, 0.15) is 28.7 Å². The normalized spacial score (nSPS) is 13.8. The molecule has 1 aliphatic heterocycles. The summed E-state index contributed by atoms with van der Waals surface area (Å²) in [6.07, 6.45) is 0.669. The Morgan fingerprint density at radius 2 is 1.91 bits per heavy atom. The Kier molecular flexibility index (Phi) is 6.41. The first-order chi connectivity index (χ1) is 14.9. The Morgan fingerprint density at radius 1 is 1.22 bits per heavy atom. The lowest BCUT2D eigenvalue weighted by atomic mass is 9.87. The zero-order valence-corrected chi connectivity index (χ0v) is 18.2. The lowest BCUT2D eigenvalue weighted by Gasteiger charge is -2.24. The standard InChI is InChI=1S/C21H20F4O6S/c1-11-6-7-17(31-32(27,28)21(23,24)25)19(14(11)10-18(26)29-3)15-9-16(22)20-13(12(15)2)5-4-8-30-20/h6-7,9H,4-5,8,10H2,1-3H3. The van der Waals surface area contributed by atoms with E-state index in [2.05, 4.69) is 8.92 Å². The number of carbonyl (C=O) groups excluding carboxylic acids is 1. The van der Waals surface area contributed by atoms with E-state index in [1.54, 1.807) is 13.8 Å². The first kappa shape index (κ1) is 23.8. The molecule has 0 radical (unpaired) electrons. The van der Waals surface area contributed by atoms with Gasteiger partial charge in [-0.1, -0.05) is 6.07 Å². The van der Waals surface area contributed by atoms with Gasteiger partial charge < -0.3 is 13.7 Å². The Morgan fingerprint density at radius 3 is 2.53 bits per heavy atom. The first-order valence-electron chi connectivity index (χ1n) is 9.52. The smallest absolute Gasteiger partial charge is 0.490 e. The summed E-state index contributed by atoms with van der Waals surface area (Å²) in [5, 5.41) is 0. The van der Waals surface area contributed by atoms with E-state index in [1.807, 2.05) is 0 Å². The van der Waals surface area contributed by atoms with Crippen molar-refractivity contribution < 1.29 is 44.4 Å². The number of hydrogen-bond donors (Lipinski definition) is 0. The fraction of sp³-hybridized carbons (Fsp3) is 0.381. The van der Waals surface area contributed by atoms with E-state index in [1.165, 1.54) is 6.07 Å². The number of fused-ring (bicyclic) bond motifs is 1. The minimum absolute atomic E-state index is 0.0463. The molecular formula is C21H20F4O6S. The minimum Gasteiger partial charge on any atom is -0.490 e. The first-order valence-corrected chi connectivity index (χ1v) is 10.9. The van der Waals surface area contributed by atoms with E-state index in [9.17, 15) is 30.8 Å². The highest BCUT2D eigenvalue weighted by atomic mass is 32.2.